The van der Waals surface area contributed by atoms with Crippen molar-refractivity contribution >= 4 is 9.84 Å². The van der Waals surface area contributed by atoms with Gasteiger partial charge in [0.2, 0.25) is 0 Å². The predicted octanol–water partition coefficient (Wildman–Crippen LogP) is 4.22. The van der Waals surface area contributed by atoms with E-state index in [1.165, 1.54) is 5.56 Å². The minimum Gasteiger partial charge on any atom is -0.494 e. The molecule has 5 heteroatoms. The quantitative estimate of drug-likeness (QED) is 0.548. The Kier molecular flexibility index (Phi) is 6.24. The number of benzene rings is 2. The van der Waals surface area contributed by atoms with Gasteiger partial charge in [-0.3, -0.25) is 4.98 Å². The van der Waals surface area contributed by atoms with E-state index in [2.05, 4.69) is 4.98 Å². The molecule has 27 heavy (non-hydrogen) atoms. The molecule has 140 valence electrons. The van der Waals surface area contributed by atoms with Crippen molar-refractivity contribution in [1.82, 2.24) is 4.98 Å². The lowest BCUT2D eigenvalue weighted by Gasteiger charge is -2.08. The third-order valence-electron chi connectivity index (χ3n) is 4.26. The summed E-state index contributed by atoms with van der Waals surface area (Å²) in [6, 6.07) is 18.8. The van der Waals surface area contributed by atoms with Crippen LogP contribution in [0.15, 0.2) is 78.0 Å². The molecule has 3 aromatic rings. The minimum atomic E-state index is -3.26. The molecular formula is C22H23NO3S. The van der Waals surface area contributed by atoms with Crippen LogP contribution in [0.4, 0.5) is 0 Å². The first-order valence-corrected chi connectivity index (χ1v) is 10.6. The molecule has 0 aliphatic rings. The van der Waals surface area contributed by atoms with Crippen LogP contribution in [0.5, 0.6) is 5.75 Å². The van der Waals surface area contributed by atoms with Crippen LogP contribution in [0.3, 0.4) is 0 Å². The summed E-state index contributed by atoms with van der Waals surface area (Å²) >= 11 is 0. The molecule has 0 spiro atoms. The standard InChI is InChI=1S/C22H23NO3S/c1-18-5-11-22(12-6-18)27(24,25)15-3-14-26-21-9-7-19(8-10-21)16-20-4-2-13-23-17-20/h2,4-13,17H,3,14-16H2,1H3. The Morgan fingerprint density at radius 3 is 2.33 bits per heavy atom. The predicted molar refractivity (Wildman–Crippen MR) is 107 cm³/mol. The highest BCUT2D eigenvalue weighted by molar-refractivity contribution is 7.91. The Bertz CT molecular complexity index is 951. The van der Waals surface area contributed by atoms with E-state index in [4.69, 9.17) is 4.74 Å². The molecule has 0 unspecified atom stereocenters. The van der Waals surface area contributed by atoms with Crippen molar-refractivity contribution in [2.45, 2.75) is 24.7 Å². The highest BCUT2D eigenvalue weighted by atomic mass is 32.2. The number of nitrogens with zero attached hydrogens (tertiary/aromatic N) is 1. The molecule has 0 fully saturated rings. The summed E-state index contributed by atoms with van der Waals surface area (Å²) < 4.78 is 30.3. The van der Waals surface area contributed by atoms with Crippen LogP contribution in [-0.2, 0) is 16.3 Å². The average molecular weight is 381 g/mol. The summed E-state index contributed by atoms with van der Waals surface area (Å²) in [6.45, 7) is 2.30. The third kappa shape index (κ3) is 5.66. The lowest BCUT2D eigenvalue weighted by molar-refractivity contribution is 0.317. The molecule has 0 saturated heterocycles. The van der Waals surface area contributed by atoms with Gasteiger partial charge in [-0.05, 0) is 61.2 Å². The fourth-order valence-electron chi connectivity index (χ4n) is 2.74. The number of rotatable bonds is 8. The van der Waals surface area contributed by atoms with Crippen molar-refractivity contribution in [3.05, 3.63) is 89.7 Å². The Labute approximate surface area is 160 Å². The average Bonchev–Trinajstić information content (AvgIpc) is 2.68. The second-order valence-electron chi connectivity index (χ2n) is 6.52. The van der Waals surface area contributed by atoms with Gasteiger partial charge in [0.15, 0.2) is 9.84 Å². The number of sulfone groups is 1. The summed E-state index contributed by atoms with van der Waals surface area (Å²) in [6.07, 6.45) is 4.90. The zero-order valence-electron chi connectivity index (χ0n) is 15.3. The zero-order chi connectivity index (χ0) is 19.1. The SMILES string of the molecule is Cc1ccc(S(=O)(=O)CCCOc2ccc(Cc3cccnc3)cc2)cc1. The summed E-state index contributed by atoms with van der Waals surface area (Å²) in [5.74, 6) is 0.826. The Hall–Kier alpha value is -2.66. The summed E-state index contributed by atoms with van der Waals surface area (Å²) in [7, 11) is -3.26. The number of pyridine rings is 1. The van der Waals surface area contributed by atoms with Crippen LogP contribution in [0.1, 0.15) is 23.1 Å². The molecule has 0 radical (unpaired) electrons. The lowest BCUT2D eigenvalue weighted by Crippen LogP contribution is -2.10. The van der Waals surface area contributed by atoms with E-state index in [0.29, 0.717) is 17.9 Å². The van der Waals surface area contributed by atoms with Gasteiger partial charge >= 0.3 is 0 Å². The second-order valence-corrected chi connectivity index (χ2v) is 8.63. The van der Waals surface area contributed by atoms with E-state index in [1.54, 1.807) is 18.3 Å². The smallest absolute Gasteiger partial charge is 0.178 e. The third-order valence-corrected chi connectivity index (χ3v) is 6.08. The topological polar surface area (TPSA) is 56.3 Å². The van der Waals surface area contributed by atoms with Gasteiger partial charge in [0.05, 0.1) is 17.3 Å². The Morgan fingerprint density at radius 2 is 1.67 bits per heavy atom. The molecule has 3 rings (SSSR count). The van der Waals surface area contributed by atoms with Gasteiger partial charge in [0.1, 0.15) is 5.75 Å². The Morgan fingerprint density at radius 1 is 0.926 bits per heavy atom. The summed E-state index contributed by atoms with van der Waals surface area (Å²) in [5, 5.41) is 0. The molecule has 4 nitrogen and oxygen atoms in total. The maximum Gasteiger partial charge on any atom is 0.178 e. The molecule has 0 aliphatic heterocycles. The number of aromatic nitrogens is 1. The maximum absolute atomic E-state index is 12.3. The van der Waals surface area contributed by atoms with Gasteiger partial charge in [-0.15, -0.1) is 0 Å². The van der Waals surface area contributed by atoms with Crippen LogP contribution in [0.25, 0.3) is 0 Å². The second kappa shape index (κ2) is 8.82. The summed E-state index contributed by atoms with van der Waals surface area (Å²) in [5.41, 5.74) is 3.38. The monoisotopic (exact) mass is 381 g/mol. The minimum absolute atomic E-state index is 0.0785. The first-order valence-electron chi connectivity index (χ1n) is 8.93. The van der Waals surface area contributed by atoms with Crippen LogP contribution in [-0.4, -0.2) is 25.8 Å². The van der Waals surface area contributed by atoms with E-state index in [1.807, 2.05) is 61.7 Å². The molecule has 0 bridgehead atoms. The van der Waals surface area contributed by atoms with Gasteiger partial charge in [-0.1, -0.05) is 35.9 Å². The van der Waals surface area contributed by atoms with Crippen molar-refractivity contribution in [1.29, 1.82) is 0 Å². The van der Waals surface area contributed by atoms with E-state index in [0.717, 1.165) is 23.3 Å². The molecule has 1 aromatic heterocycles. The first kappa shape index (κ1) is 19.1. The molecule has 0 atom stereocenters. The fourth-order valence-corrected chi connectivity index (χ4v) is 4.03. The van der Waals surface area contributed by atoms with Gasteiger partial charge < -0.3 is 4.74 Å². The van der Waals surface area contributed by atoms with Gasteiger partial charge in [-0.25, -0.2) is 8.42 Å². The lowest BCUT2D eigenvalue weighted by atomic mass is 10.1. The van der Waals surface area contributed by atoms with Crippen LogP contribution < -0.4 is 4.74 Å². The van der Waals surface area contributed by atoms with E-state index in [9.17, 15) is 8.42 Å². The van der Waals surface area contributed by atoms with Crippen molar-refractivity contribution < 1.29 is 13.2 Å². The van der Waals surface area contributed by atoms with E-state index >= 15 is 0 Å². The van der Waals surface area contributed by atoms with E-state index in [-0.39, 0.29) is 5.75 Å². The molecule has 1 heterocycles. The van der Waals surface area contributed by atoms with Crippen molar-refractivity contribution in [2.24, 2.45) is 0 Å². The van der Waals surface area contributed by atoms with Gasteiger partial charge in [0, 0.05) is 12.4 Å². The molecule has 0 N–H and O–H groups in total. The zero-order valence-corrected chi connectivity index (χ0v) is 16.2. The van der Waals surface area contributed by atoms with Crippen molar-refractivity contribution in [3.63, 3.8) is 0 Å². The van der Waals surface area contributed by atoms with E-state index < -0.39 is 9.84 Å². The molecule has 0 saturated carbocycles. The van der Waals surface area contributed by atoms with Crippen molar-refractivity contribution in [2.75, 3.05) is 12.4 Å². The Balaban J connectivity index is 1.47. The van der Waals surface area contributed by atoms with Crippen LogP contribution in [0.2, 0.25) is 0 Å². The van der Waals surface area contributed by atoms with Crippen LogP contribution in [0, 0.1) is 6.92 Å². The number of aryl methyl sites for hydroxylation is 1. The number of ether oxygens (including phenoxy) is 1. The van der Waals surface area contributed by atoms with Gasteiger partial charge in [0.25, 0.3) is 0 Å². The first-order chi connectivity index (χ1) is 13.0. The molecule has 0 amide bonds. The van der Waals surface area contributed by atoms with Crippen molar-refractivity contribution in [3.8, 4) is 5.75 Å². The fraction of sp³-hybridized carbons (Fsp3) is 0.227. The normalized spacial score (nSPS) is 11.3. The maximum atomic E-state index is 12.3. The number of hydrogen-bond acceptors (Lipinski definition) is 4. The molecule has 2 aromatic carbocycles. The largest absolute Gasteiger partial charge is 0.494 e. The number of hydrogen-bond donors (Lipinski definition) is 0. The highest BCUT2D eigenvalue weighted by Gasteiger charge is 2.13. The molecular weight excluding hydrogens is 358 g/mol. The van der Waals surface area contributed by atoms with Crippen LogP contribution >= 0.6 is 0 Å². The van der Waals surface area contributed by atoms with Gasteiger partial charge in [-0.2, -0.15) is 0 Å². The molecule has 0 aliphatic carbocycles. The highest BCUT2D eigenvalue weighted by Crippen LogP contribution is 2.16. The summed E-state index contributed by atoms with van der Waals surface area (Å²) in [4.78, 5) is 4.49.